The summed E-state index contributed by atoms with van der Waals surface area (Å²) in [4.78, 5) is 14.3. The molecule has 0 radical (unpaired) electrons. The van der Waals surface area contributed by atoms with Crippen molar-refractivity contribution < 1.29 is 18.0 Å². The van der Waals surface area contributed by atoms with E-state index in [-0.39, 0.29) is 12.1 Å². The predicted molar refractivity (Wildman–Crippen MR) is 95.4 cm³/mol. The lowest BCUT2D eigenvalue weighted by atomic mass is 10.1. The van der Waals surface area contributed by atoms with E-state index in [0.717, 1.165) is 18.7 Å². The molecule has 138 valence electrons. The van der Waals surface area contributed by atoms with Crippen LogP contribution in [0.2, 0.25) is 5.02 Å². The maximum atomic E-state index is 13.1. The minimum absolute atomic E-state index is 0.0202. The van der Waals surface area contributed by atoms with Crippen molar-refractivity contribution in [1.29, 1.82) is 0 Å². The Balaban J connectivity index is 1.86. The fraction of sp³-hybridized carbons (Fsp3) is 0.278. The summed E-state index contributed by atoms with van der Waals surface area (Å²) < 4.78 is 39.2. The van der Waals surface area contributed by atoms with Crippen LogP contribution in [0, 0.1) is 0 Å². The second-order valence-corrected chi connectivity index (χ2v) is 6.37. The van der Waals surface area contributed by atoms with Crippen molar-refractivity contribution in [2.75, 3.05) is 30.0 Å². The summed E-state index contributed by atoms with van der Waals surface area (Å²) in [5.41, 5.74) is 0.501. The van der Waals surface area contributed by atoms with Gasteiger partial charge in [0.05, 0.1) is 30.0 Å². The van der Waals surface area contributed by atoms with Crippen LogP contribution in [-0.4, -0.2) is 25.7 Å². The van der Waals surface area contributed by atoms with E-state index in [2.05, 4.69) is 10.6 Å². The lowest BCUT2D eigenvalue weighted by Gasteiger charge is -2.22. The molecule has 0 unspecified atom stereocenters. The molecule has 0 spiro atoms. The molecule has 2 N–H and O–H groups in total. The first-order valence-corrected chi connectivity index (χ1v) is 8.42. The van der Waals surface area contributed by atoms with Crippen LogP contribution in [0.4, 0.5) is 24.5 Å². The van der Waals surface area contributed by atoms with Gasteiger partial charge in [0.15, 0.2) is 0 Å². The smallest absolute Gasteiger partial charge is 0.356 e. The normalized spacial score (nSPS) is 14.5. The number of amides is 1. The lowest BCUT2D eigenvalue weighted by molar-refractivity contribution is -0.137. The molecule has 0 atom stereocenters. The summed E-state index contributed by atoms with van der Waals surface area (Å²) >= 11 is 6.05. The van der Waals surface area contributed by atoms with Crippen LogP contribution in [0.25, 0.3) is 0 Å². The molecule has 0 aromatic heterocycles. The van der Waals surface area contributed by atoms with E-state index in [9.17, 15) is 18.0 Å². The van der Waals surface area contributed by atoms with Crippen molar-refractivity contribution in [3.05, 3.63) is 58.6 Å². The maximum Gasteiger partial charge on any atom is 0.416 e. The highest BCUT2D eigenvalue weighted by Crippen LogP contribution is 2.35. The maximum absolute atomic E-state index is 13.1. The van der Waals surface area contributed by atoms with Gasteiger partial charge in [-0.05, 0) is 29.8 Å². The number of alkyl halides is 3. The van der Waals surface area contributed by atoms with E-state index in [1.54, 1.807) is 24.3 Å². The van der Waals surface area contributed by atoms with Crippen LogP contribution < -0.4 is 15.5 Å². The first-order valence-electron chi connectivity index (χ1n) is 8.05. The number of carbonyl (C=O) groups is 1. The zero-order valence-electron chi connectivity index (χ0n) is 13.7. The molecule has 26 heavy (non-hydrogen) atoms. The molecular weight excluding hydrogens is 367 g/mol. The van der Waals surface area contributed by atoms with E-state index < -0.39 is 17.6 Å². The number of anilines is 2. The SMILES string of the molecule is O=C(Cc1ccccc1Cl)Nc1cc(C(F)(F)F)ccc1N1CCNC1. The Kier molecular flexibility index (Phi) is 5.38. The highest BCUT2D eigenvalue weighted by molar-refractivity contribution is 6.31. The van der Waals surface area contributed by atoms with Crippen molar-refractivity contribution in [3.8, 4) is 0 Å². The van der Waals surface area contributed by atoms with Gasteiger partial charge >= 0.3 is 6.18 Å². The van der Waals surface area contributed by atoms with E-state index in [0.29, 0.717) is 29.5 Å². The first kappa shape index (κ1) is 18.5. The van der Waals surface area contributed by atoms with Crippen molar-refractivity contribution in [2.45, 2.75) is 12.6 Å². The summed E-state index contributed by atoms with van der Waals surface area (Å²) in [5, 5.41) is 6.17. The number of nitrogens with one attached hydrogen (secondary N) is 2. The van der Waals surface area contributed by atoms with Crippen molar-refractivity contribution in [3.63, 3.8) is 0 Å². The van der Waals surface area contributed by atoms with Gasteiger partial charge in [-0.25, -0.2) is 0 Å². The third-order valence-corrected chi connectivity index (χ3v) is 4.48. The molecule has 2 aromatic rings. The number of benzene rings is 2. The predicted octanol–water partition coefficient (Wildman–Crippen LogP) is 3.91. The number of nitrogens with zero attached hydrogens (tertiary/aromatic N) is 1. The molecule has 4 nitrogen and oxygen atoms in total. The minimum atomic E-state index is -4.48. The highest BCUT2D eigenvalue weighted by Gasteiger charge is 2.32. The third kappa shape index (κ3) is 4.28. The number of hydrogen-bond acceptors (Lipinski definition) is 3. The van der Waals surface area contributed by atoms with Gasteiger partial charge in [0.1, 0.15) is 0 Å². The van der Waals surface area contributed by atoms with Gasteiger partial charge in [0, 0.05) is 18.1 Å². The quantitative estimate of drug-likeness (QED) is 0.841. The van der Waals surface area contributed by atoms with Gasteiger partial charge in [0.2, 0.25) is 5.91 Å². The van der Waals surface area contributed by atoms with E-state index in [1.807, 2.05) is 4.90 Å². The molecule has 1 aliphatic heterocycles. The average Bonchev–Trinajstić information content (AvgIpc) is 3.10. The number of rotatable bonds is 4. The largest absolute Gasteiger partial charge is 0.416 e. The number of hydrogen-bond donors (Lipinski definition) is 2. The molecule has 0 saturated carbocycles. The summed E-state index contributed by atoms with van der Waals surface area (Å²) in [6.45, 7) is 1.89. The van der Waals surface area contributed by atoms with Crippen molar-refractivity contribution >= 4 is 28.9 Å². The van der Waals surface area contributed by atoms with Crippen LogP contribution in [-0.2, 0) is 17.4 Å². The van der Waals surface area contributed by atoms with Gasteiger partial charge in [-0.2, -0.15) is 13.2 Å². The van der Waals surface area contributed by atoms with Gasteiger partial charge in [-0.15, -0.1) is 0 Å². The Bertz CT molecular complexity index is 805. The molecule has 3 rings (SSSR count). The van der Waals surface area contributed by atoms with Crippen LogP contribution in [0.5, 0.6) is 0 Å². The van der Waals surface area contributed by atoms with Gasteiger partial charge in [-0.1, -0.05) is 29.8 Å². The standard InChI is InChI=1S/C18H17ClF3N3O/c19-14-4-2-1-3-12(14)9-17(26)24-15-10-13(18(20,21)22)5-6-16(15)25-8-7-23-11-25/h1-6,10,23H,7-9,11H2,(H,24,26). The fourth-order valence-corrected chi connectivity index (χ4v) is 3.01. The molecule has 8 heteroatoms. The van der Waals surface area contributed by atoms with Gasteiger partial charge in [0.25, 0.3) is 0 Å². The molecule has 1 heterocycles. The van der Waals surface area contributed by atoms with E-state index >= 15 is 0 Å². The molecule has 2 aromatic carbocycles. The molecule has 1 aliphatic rings. The monoisotopic (exact) mass is 383 g/mol. The molecule has 0 bridgehead atoms. The van der Waals surface area contributed by atoms with Gasteiger partial charge in [-0.3, -0.25) is 10.1 Å². The summed E-state index contributed by atoms with van der Waals surface area (Å²) in [5.74, 6) is -0.425. The Morgan fingerprint density at radius 2 is 2.00 bits per heavy atom. The molecule has 1 fully saturated rings. The van der Waals surface area contributed by atoms with Crippen molar-refractivity contribution in [1.82, 2.24) is 5.32 Å². The van der Waals surface area contributed by atoms with Gasteiger partial charge < -0.3 is 10.2 Å². The topological polar surface area (TPSA) is 44.4 Å². The minimum Gasteiger partial charge on any atom is -0.356 e. The third-order valence-electron chi connectivity index (χ3n) is 4.11. The second kappa shape index (κ2) is 7.55. The van der Waals surface area contributed by atoms with E-state index in [1.165, 1.54) is 6.07 Å². The molecule has 1 saturated heterocycles. The van der Waals surface area contributed by atoms with Crippen LogP contribution >= 0.6 is 11.6 Å². The number of halogens is 4. The second-order valence-electron chi connectivity index (χ2n) is 5.97. The zero-order chi connectivity index (χ0) is 18.7. The van der Waals surface area contributed by atoms with Crippen molar-refractivity contribution in [2.24, 2.45) is 0 Å². The molecular formula is C18H17ClF3N3O. The summed E-state index contributed by atoms with van der Waals surface area (Å²) in [6, 6.07) is 10.3. The highest BCUT2D eigenvalue weighted by atomic mass is 35.5. The first-order chi connectivity index (χ1) is 12.3. The van der Waals surface area contributed by atoms with Crippen LogP contribution in [0.1, 0.15) is 11.1 Å². The zero-order valence-corrected chi connectivity index (χ0v) is 14.5. The fourth-order valence-electron chi connectivity index (χ4n) is 2.81. The molecule has 0 aliphatic carbocycles. The Labute approximate surface area is 153 Å². The molecule has 1 amide bonds. The Hall–Kier alpha value is -2.25. The van der Waals surface area contributed by atoms with E-state index in [4.69, 9.17) is 11.6 Å². The summed E-state index contributed by atoms with van der Waals surface area (Å²) in [6.07, 6.45) is -4.50. The summed E-state index contributed by atoms with van der Waals surface area (Å²) in [7, 11) is 0. The average molecular weight is 384 g/mol. The van der Waals surface area contributed by atoms with Crippen LogP contribution in [0.15, 0.2) is 42.5 Å². The number of carbonyl (C=O) groups excluding carboxylic acids is 1. The Morgan fingerprint density at radius 3 is 2.65 bits per heavy atom. The lowest BCUT2D eigenvalue weighted by Crippen LogP contribution is -2.24. The van der Waals surface area contributed by atoms with Crippen LogP contribution in [0.3, 0.4) is 0 Å². The Morgan fingerprint density at radius 1 is 1.23 bits per heavy atom.